The van der Waals surface area contributed by atoms with Gasteiger partial charge in [0.2, 0.25) is 10.0 Å². The van der Waals surface area contributed by atoms with Gasteiger partial charge in [-0.05, 0) is 37.1 Å². The average Bonchev–Trinajstić information content (AvgIpc) is 3.21. The normalized spacial score (nSPS) is 19.1. The highest BCUT2D eigenvalue weighted by Gasteiger charge is 2.38. The molecule has 24 heavy (non-hydrogen) atoms. The summed E-state index contributed by atoms with van der Waals surface area (Å²) in [6.45, 7) is 0.468. The van der Waals surface area contributed by atoms with Crippen LogP contribution in [0.25, 0.3) is 11.0 Å². The van der Waals surface area contributed by atoms with Crippen LogP contribution in [0.5, 0.6) is 0 Å². The molecule has 1 aromatic heterocycles. The van der Waals surface area contributed by atoms with E-state index in [4.69, 9.17) is 11.6 Å². The van der Waals surface area contributed by atoms with Gasteiger partial charge in [-0.15, -0.1) is 0 Å². The SMILES string of the molecule is O=S(=O)(c1ccccc1Cl)N1CCC[C@H]1c1nc2ccccc2[nH]1. The van der Waals surface area contributed by atoms with Gasteiger partial charge in [0.1, 0.15) is 10.7 Å². The molecule has 0 radical (unpaired) electrons. The van der Waals surface area contributed by atoms with Crippen molar-refractivity contribution in [2.24, 2.45) is 0 Å². The molecular weight excluding hydrogens is 346 g/mol. The second-order valence-corrected chi connectivity index (χ2v) is 8.11. The van der Waals surface area contributed by atoms with Crippen molar-refractivity contribution in [3.63, 3.8) is 0 Å². The van der Waals surface area contributed by atoms with E-state index in [1.54, 1.807) is 24.3 Å². The first-order valence-corrected chi connectivity index (χ1v) is 9.60. The predicted molar refractivity (Wildman–Crippen MR) is 93.4 cm³/mol. The van der Waals surface area contributed by atoms with Crippen LogP contribution in [0, 0.1) is 0 Å². The first-order valence-electron chi connectivity index (χ1n) is 7.78. The number of H-pyrrole nitrogens is 1. The molecule has 1 atom stereocenters. The van der Waals surface area contributed by atoms with Gasteiger partial charge in [0, 0.05) is 6.54 Å². The maximum Gasteiger partial charge on any atom is 0.245 e. The summed E-state index contributed by atoms with van der Waals surface area (Å²) in [5, 5.41) is 0.243. The zero-order valence-electron chi connectivity index (χ0n) is 12.8. The third-order valence-electron chi connectivity index (χ3n) is 4.35. The van der Waals surface area contributed by atoms with Crippen molar-refractivity contribution >= 4 is 32.7 Å². The fourth-order valence-corrected chi connectivity index (χ4v) is 5.37. The smallest absolute Gasteiger partial charge is 0.245 e. The highest BCUT2D eigenvalue weighted by molar-refractivity contribution is 7.89. The molecule has 0 saturated carbocycles. The number of rotatable bonds is 3. The number of nitrogens with one attached hydrogen (secondary N) is 1. The summed E-state index contributed by atoms with van der Waals surface area (Å²) < 4.78 is 27.6. The summed E-state index contributed by atoms with van der Waals surface area (Å²) in [6, 6.07) is 14.0. The number of imidazole rings is 1. The number of para-hydroxylation sites is 2. The van der Waals surface area contributed by atoms with Crippen molar-refractivity contribution in [3.05, 3.63) is 59.4 Å². The van der Waals surface area contributed by atoms with E-state index in [2.05, 4.69) is 9.97 Å². The minimum absolute atomic E-state index is 0.148. The maximum atomic E-state index is 13.1. The molecule has 1 aliphatic heterocycles. The summed E-state index contributed by atoms with van der Waals surface area (Å²) in [5.41, 5.74) is 1.75. The Hall–Kier alpha value is -1.89. The second-order valence-electron chi connectivity index (χ2n) is 5.84. The van der Waals surface area contributed by atoms with Crippen LogP contribution in [0.4, 0.5) is 0 Å². The third-order valence-corrected chi connectivity index (χ3v) is 6.76. The zero-order valence-corrected chi connectivity index (χ0v) is 14.4. The number of aromatic amines is 1. The van der Waals surface area contributed by atoms with Gasteiger partial charge in [0.05, 0.1) is 22.1 Å². The number of hydrogen-bond donors (Lipinski definition) is 1. The number of benzene rings is 2. The second kappa shape index (κ2) is 5.88. The molecule has 3 aromatic rings. The first-order chi connectivity index (χ1) is 11.6. The van der Waals surface area contributed by atoms with Crippen molar-refractivity contribution in [1.82, 2.24) is 14.3 Å². The fourth-order valence-electron chi connectivity index (χ4n) is 3.21. The Morgan fingerprint density at radius 3 is 2.67 bits per heavy atom. The van der Waals surface area contributed by atoms with Crippen molar-refractivity contribution in [2.75, 3.05) is 6.54 Å². The molecule has 1 saturated heterocycles. The topological polar surface area (TPSA) is 66.1 Å². The number of sulfonamides is 1. The standard InChI is InChI=1S/C17H16ClN3O2S/c18-12-6-1-4-10-16(12)24(22,23)21-11-5-9-15(21)17-19-13-7-2-3-8-14(13)20-17/h1-4,6-8,10,15H,5,9,11H2,(H,19,20)/t15-/m0/s1. The van der Waals surface area contributed by atoms with Gasteiger partial charge in [-0.1, -0.05) is 35.9 Å². The molecule has 2 aromatic carbocycles. The quantitative estimate of drug-likeness (QED) is 0.772. The molecule has 1 aliphatic rings. The number of aromatic nitrogens is 2. The van der Waals surface area contributed by atoms with Crippen molar-refractivity contribution in [1.29, 1.82) is 0 Å². The highest BCUT2D eigenvalue weighted by atomic mass is 35.5. The molecule has 1 N–H and O–H groups in total. The van der Waals surface area contributed by atoms with Gasteiger partial charge in [-0.2, -0.15) is 4.31 Å². The number of nitrogens with zero attached hydrogens (tertiary/aromatic N) is 2. The number of halogens is 1. The Bertz CT molecular complexity index is 967. The minimum Gasteiger partial charge on any atom is -0.341 e. The summed E-state index contributed by atoms with van der Waals surface area (Å²) in [6.07, 6.45) is 1.54. The molecule has 5 nitrogen and oxygen atoms in total. The Kier molecular flexibility index (Phi) is 3.83. The molecule has 0 unspecified atom stereocenters. The average molecular weight is 362 g/mol. The van der Waals surface area contributed by atoms with Gasteiger partial charge in [0.15, 0.2) is 0 Å². The van der Waals surface area contributed by atoms with E-state index < -0.39 is 10.0 Å². The van der Waals surface area contributed by atoms with Gasteiger partial charge in [0.25, 0.3) is 0 Å². The van der Waals surface area contributed by atoms with E-state index in [0.717, 1.165) is 23.9 Å². The lowest BCUT2D eigenvalue weighted by Gasteiger charge is -2.23. The Balaban J connectivity index is 1.76. The molecule has 124 valence electrons. The molecule has 0 spiro atoms. The predicted octanol–water partition coefficient (Wildman–Crippen LogP) is 3.74. The van der Waals surface area contributed by atoms with E-state index in [9.17, 15) is 8.42 Å². The van der Waals surface area contributed by atoms with E-state index >= 15 is 0 Å². The lowest BCUT2D eigenvalue weighted by molar-refractivity contribution is 0.386. The van der Waals surface area contributed by atoms with Gasteiger partial charge in [-0.25, -0.2) is 13.4 Å². The van der Waals surface area contributed by atoms with Crippen LogP contribution < -0.4 is 0 Å². The lowest BCUT2D eigenvalue weighted by Crippen LogP contribution is -2.31. The summed E-state index contributed by atoms with van der Waals surface area (Å²) >= 11 is 6.12. The molecule has 2 heterocycles. The molecular formula is C17H16ClN3O2S. The van der Waals surface area contributed by atoms with E-state index in [-0.39, 0.29) is 16.0 Å². The van der Waals surface area contributed by atoms with Crippen molar-refractivity contribution < 1.29 is 8.42 Å². The summed E-state index contributed by atoms with van der Waals surface area (Å²) in [4.78, 5) is 7.98. The van der Waals surface area contributed by atoms with Gasteiger partial charge in [-0.3, -0.25) is 0 Å². The monoisotopic (exact) mass is 361 g/mol. The third kappa shape index (κ3) is 2.51. The van der Waals surface area contributed by atoms with E-state index in [1.165, 1.54) is 4.31 Å². The molecule has 0 amide bonds. The highest BCUT2D eigenvalue weighted by Crippen LogP contribution is 2.37. The van der Waals surface area contributed by atoms with Crippen molar-refractivity contribution in [2.45, 2.75) is 23.8 Å². The van der Waals surface area contributed by atoms with E-state index in [1.807, 2.05) is 24.3 Å². The lowest BCUT2D eigenvalue weighted by atomic mass is 10.2. The molecule has 1 fully saturated rings. The Morgan fingerprint density at radius 1 is 1.12 bits per heavy atom. The Morgan fingerprint density at radius 2 is 1.88 bits per heavy atom. The van der Waals surface area contributed by atoms with Crippen molar-refractivity contribution in [3.8, 4) is 0 Å². The number of hydrogen-bond acceptors (Lipinski definition) is 3. The van der Waals surface area contributed by atoms with Gasteiger partial charge >= 0.3 is 0 Å². The Labute approximate surface area is 145 Å². The molecule has 0 aliphatic carbocycles. The minimum atomic E-state index is -3.66. The first kappa shape index (κ1) is 15.6. The van der Waals surface area contributed by atoms with Gasteiger partial charge < -0.3 is 4.98 Å². The fraction of sp³-hybridized carbons (Fsp3) is 0.235. The van der Waals surface area contributed by atoms with Crippen LogP contribution in [0.2, 0.25) is 5.02 Å². The summed E-state index contributed by atoms with van der Waals surface area (Å²) in [5.74, 6) is 0.685. The largest absolute Gasteiger partial charge is 0.341 e. The molecule has 4 rings (SSSR count). The van der Waals surface area contributed by atoms with Crippen LogP contribution in [0.1, 0.15) is 24.7 Å². The molecule has 0 bridgehead atoms. The van der Waals surface area contributed by atoms with Crippen LogP contribution in [-0.4, -0.2) is 29.2 Å². The van der Waals surface area contributed by atoms with Crippen LogP contribution in [0.15, 0.2) is 53.4 Å². The van der Waals surface area contributed by atoms with E-state index in [0.29, 0.717) is 12.4 Å². The van der Waals surface area contributed by atoms with Crippen LogP contribution >= 0.6 is 11.6 Å². The molecule has 7 heteroatoms. The summed E-state index contributed by atoms with van der Waals surface area (Å²) in [7, 11) is -3.66. The number of fused-ring (bicyclic) bond motifs is 1. The maximum absolute atomic E-state index is 13.1. The van der Waals surface area contributed by atoms with Crippen LogP contribution in [-0.2, 0) is 10.0 Å². The zero-order chi connectivity index (χ0) is 16.7. The van der Waals surface area contributed by atoms with Crippen LogP contribution in [0.3, 0.4) is 0 Å².